The maximum Gasteiger partial charge on any atom is 0.417 e. The minimum Gasteiger partial charge on any atom is -0.493 e. The molecule has 0 bridgehead atoms. The monoisotopic (exact) mass is 474 g/mol. The Balaban J connectivity index is 1.57. The van der Waals surface area contributed by atoms with Crippen LogP contribution in [0.1, 0.15) is 11.1 Å². The first kappa shape index (κ1) is 23.7. The first-order chi connectivity index (χ1) is 16.9. The molecule has 0 radical (unpaired) electrons. The van der Waals surface area contributed by atoms with Crippen molar-refractivity contribution in [3.8, 4) is 34.5 Å². The first-order valence-corrected chi connectivity index (χ1v) is 10.8. The molecule has 1 heterocycles. The summed E-state index contributed by atoms with van der Waals surface area (Å²) in [5, 5.41) is 3.57. The van der Waals surface area contributed by atoms with E-state index in [0.717, 1.165) is 16.5 Å². The lowest BCUT2D eigenvalue weighted by molar-refractivity contribution is 0.213. The van der Waals surface area contributed by atoms with E-state index < -0.39 is 6.09 Å². The summed E-state index contributed by atoms with van der Waals surface area (Å²) in [6, 6.07) is 16.1. The first-order valence-electron chi connectivity index (χ1n) is 10.8. The summed E-state index contributed by atoms with van der Waals surface area (Å²) in [5.74, 6) is 3.24. The Morgan fingerprint density at radius 2 is 1.43 bits per heavy atom. The number of para-hydroxylation sites is 2. The standard InChI is InChI=1S/C27H26N2O6/c1-16-13-24(34-21-10-11-28-20-15-26(33-5)25(32-4)14-18(20)21)17(2)12-19(16)29-27(30)35-23-9-7-6-8-22(23)31-3/h6-15H,1-5H3,(H,29,30). The Morgan fingerprint density at radius 1 is 0.743 bits per heavy atom. The molecule has 0 fully saturated rings. The molecule has 0 atom stereocenters. The van der Waals surface area contributed by atoms with E-state index in [1.807, 2.05) is 32.0 Å². The van der Waals surface area contributed by atoms with Crippen LogP contribution in [0.3, 0.4) is 0 Å². The summed E-state index contributed by atoms with van der Waals surface area (Å²) in [6.45, 7) is 3.78. The molecule has 8 heteroatoms. The number of carbonyl (C=O) groups is 1. The Morgan fingerprint density at radius 3 is 2.14 bits per heavy atom. The number of hydrogen-bond donors (Lipinski definition) is 1. The van der Waals surface area contributed by atoms with Gasteiger partial charge in [0, 0.05) is 23.3 Å². The molecule has 0 aliphatic rings. The van der Waals surface area contributed by atoms with E-state index in [1.54, 1.807) is 56.8 Å². The normalized spacial score (nSPS) is 10.5. The average molecular weight is 475 g/mol. The molecule has 0 aliphatic carbocycles. The number of benzene rings is 3. The highest BCUT2D eigenvalue weighted by molar-refractivity contribution is 5.89. The number of nitrogens with zero attached hydrogens (tertiary/aromatic N) is 1. The largest absolute Gasteiger partial charge is 0.493 e. The van der Waals surface area contributed by atoms with Crippen LogP contribution in [0, 0.1) is 13.8 Å². The van der Waals surface area contributed by atoms with Crippen molar-refractivity contribution >= 4 is 22.7 Å². The molecule has 1 N–H and O–H groups in total. The zero-order valence-electron chi connectivity index (χ0n) is 20.2. The van der Waals surface area contributed by atoms with Crippen molar-refractivity contribution in [1.82, 2.24) is 4.98 Å². The third kappa shape index (κ3) is 5.06. The fourth-order valence-corrected chi connectivity index (χ4v) is 3.63. The Bertz CT molecular complexity index is 1390. The summed E-state index contributed by atoms with van der Waals surface area (Å²) in [4.78, 5) is 16.9. The Hall–Kier alpha value is -4.46. The van der Waals surface area contributed by atoms with Gasteiger partial charge in [-0.05, 0) is 61.4 Å². The fraction of sp³-hybridized carbons (Fsp3) is 0.185. The summed E-state index contributed by atoms with van der Waals surface area (Å²) in [7, 11) is 4.68. The van der Waals surface area contributed by atoms with Crippen LogP contribution in [-0.4, -0.2) is 32.4 Å². The lowest BCUT2D eigenvalue weighted by atomic mass is 10.1. The Kier molecular flexibility index (Phi) is 6.91. The highest BCUT2D eigenvalue weighted by Crippen LogP contribution is 2.38. The number of pyridine rings is 1. The van der Waals surface area contributed by atoms with Crippen molar-refractivity contribution in [2.45, 2.75) is 13.8 Å². The van der Waals surface area contributed by atoms with Crippen LogP contribution in [0.5, 0.6) is 34.5 Å². The SMILES string of the molecule is COc1cc2nccc(Oc3cc(C)c(NC(=O)Oc4ccccc4OC)cc3C)c2cc1OC. The second kappa shape index (κ2) is 10.2. The fourth-order valence-electron chi connectivity index (χ4n) is 3.63. The van der Waals surface area contributed by atoms with Gasteiger partial charge in [0.15, 0.2) is 23.0 Å². The van der Waals surface area contributed by atoms with E-state index in [0.29, 0.717) is 45.7 Å². The number of rotatable bonds is 7. The number of carbonyl (C=O) groups excluding carboxylic acids is 1. The van der Waals surface area contributed by atoms with Crippen LogP contribution in [0.4, 0.5) is 10.5 Å². The van der Waals surface area contributed by atoms with Gasteiger partial charge in [-0.1, -0.05) is 12.1 Å². The second-order valence-electron chi connectivity index (χ2n) is 7.73. The predicted molar refractivity (Wildman–Crippen MR) is 133 cm³/mol. The van der Waals surface area contributed by atoms with Gasteiger partial charge in [0.25, 0.3) is 0 Å². The van der Waals surface area contributed by atoms with E-state index in [4.69, 9.17) is 23.7 Å². The number of aromatic nitrogens is 1. The lowest BCUT2D eigenvalue weighted by Gasteiger charge is -2.16. The van der Waals surface area contributed by atoms with Crippen molar-refractivity contribution in [2.24, 2.45) is 0 Å². The topological polar surface area (TPSA) is 88.1 Å². The molecular formula is C27H26N2O6. The molecule has 0 saturated carbocycles. The number of nitrogens with one attached hydrogen (secondary N) is 1. The molecule has 4 aromatic rings. The molecule has 0 spiro atoms. The molecule has 0 unspecified atom stereocenters. The van der Waals surface area contributed by atoms with E-state index in [9.17, 15) is 4.79 Å². The maximum absolute atomic E-state index is 12.5. The van der Waals surface area contributed by atoms with Crippen molar-refractivity contribution in [3.63, 3.8) is 0 Å². The van der Waals surface area contributed by atoms with E-state index in [1.165, 1.54) is 7.11 Å². The van der Waals surface area contributed by atoms with Gasteiger partial charge in [-0.3, -0.25) is 10.3 Å². The number of hydrogen-bond acceptors (Lipinski definition) is 7. The Labute approximate surface area is 203 Å². The van der Waals surface area contributed by atoms with Gasteiger partial charge in [-0.2, -0.15) is 0 Å². The van der Waals surface area contributed by atoms with Gasteiger partial charge < -0.3 is 23.7 Å². The van der Waals surface area contributed by atoms with Gasteiger partial charge in [-0.25, -0.2) is 4.79 Å². The van der Waals surface area contributed by atoms with Gasteiger partial charge in [-0.15, -0.1) is 0 Å². The van der Waals surface area contributed by atoms with Crippen molar-refractivity contribution < 1.29 is 28.5 Å². The molecule has 8 nitrogen and oxygen atoms in total. The van der Waals surface area contributed by atoms with Gasteiger partial charge in [0.05, 0.1) is 26.8 Å². The highest BCUT2D eigenvalue weighted by Gasteiger charge is 2.15. The summed E-state index contributed by atoms with van der Waals surface area (Å²) >= 11 is 0. The molecule has 4 rings (SSSR count). The molecule has 3 aromatic carbocycles. The highest BCUT2D eigenvalue weighted by atomic mass is 16.6. The predicted octanol–water partition coefficient (Wildman–Crippen LogP) is 6.28. The number of anilines is 1. The summed E-state index contributed by atoms with van der Waals surface area (Å²) < 4.78 is 27.7. The van der Waals surface area contributed by atoms with E-state index >= 15 is 0 Å². The van der Waals surface area contributed by atoms with Crippen LogP contribution in [0.2, 0.25) is 0 Å². The number of ether oxygens (including phenoxy) is 5. The number of methoxy groups -OCH3 is 3. The zero-order valence-corrected chi connectivity index (χ0v) is 20.2. The van der Waals surface area contributed by atoms with Crippen LogP contribution < -0.4 is 29.0 Å². The lowest BCUT2D eigenvalue weighted by Crippen LogP contribution is -2.18. The van der Waals surface area contributed by atoms with Crippen molar-refractivity contribution in [1.29, 1.82) is 0 Å². The van der Waals surface area contributed by atoms with Crippen LogP contribution >= 0.6 is 0 Å². The van der Waals surface area contributed by atoms with E-state index in [-0.39, 0.29) is 0 Å². The minimum absolute atomic E-state index is 0.332. The van der Waals surface area contributed by atoms with Crippen molar-refractivity contribution in [3.05, 3.63) is 71.9 Å². The molecular weight excluding hydrogens is 448 g/mol. The average Bonchev–Trinajstić information content (AvgIpc) is 2.86. The van der Waals surface area contributed by atoms with E-state index in [2.05, 4.69) is 10.3 Å². The second-order valence-corrected chi connectivity index (χ2v) is 7.73. The van der Waals surface area contributed by atoms with Crippen LogP contribution in [0.15, 0.2) is 60.8 Å². The molecule has 0 aliphatic heterocycles. The van der Waals surface area contributed by atoms with Crippen LogP contribution in [0.25, 0.3) is 10.9 Å². The molecule has 1 aromatic heterocycles. The van der Waals surface area contributed by atoms with Crippen molar-refractivity contribution in [2.75, 3.05) is 26.6 Å². The number of aryl methyl sites for hydroxylation is 2. The van der Waals surface area contributed by atoms with Crippen LogP contribution in [-0.2, 0) is 0 Å². The van der Waals surface area contributed by atoms with Gasteiger partial charge in [0.1, 0.15) is 11.5 Å². The third-order valence-electron chi connectivity index (χ3n) is 5.46. The minimum atomic E-state index is -0.619. The third-order valence-corrected chi connectivity index (χ3v) is 5.46. The molecule has 180 valence electrons. The summed E-state index contributed by atoms with van der Waals surface area (Å²) in [5.41, 5.74) is 2.96. The van der Waals surface area contributed by atoms with Gasteiger partial charge >= 0.3 is 6.09 Å². The summed E-state index contributed by atoms with van der Waals surface area (Å²) in [6.07, 6.45) is 1.06. The maximum atomic E-state index is 12.5. The molecule has 0 saturated heterocycles. The van der Waals surface area contributed by atoms with Gasteiger partial charge in [0.2, 0.25) is 0 Å². The smallest absolute Gasteiger partial charge is 0.417 e. The molecule has 35 heavy (non-hydrogen) atoms. The zero-order chi connectivity index (χ0) is 24.9. The number of amides is 1. The number of fused-ring (bicyclic) bond motifs is 1. The quantitative estimate of drug-likeness (QED) is 0.337. The molecule has 1 amide bonds.